The maximum atomic E-state index is 13.3. The van der Waals surface area contributed by atoms with Crippen molar-refractivity contribution < 1.29 is 22.3 Å². The molecule has 1 aliphatic rings. The van der Waals surface area contributed by atoms with E-state index in [9.17, 15) is 22.3 Å². The summed E-state index contributed by atoms with van der Waals surface area (Å²) >= 11 is 0. The number of nitrogens with zero attached hydrogens (tertiary/aromatic N) is 3. The smallest absolute Gasteiger partial charge is 0.263 e. The van der Waals surface area contributed by atoms with Crippen LogP contribution < -0.4 is 9.62 Å². The van der Waals surface area contributed by atoms with Gasteiger partial charge in [0.05, 0.1) is 11.8 Å². The number of pyridine rings is 1. The Morgan fingerprint density at radius 3 is 2.60 bits per heavy atom. The van der Waals surface area contributed by atoms with Crippen LogP contribution >= 0.6 is 0 Å². The van der Waals surface area contributed by atoms with Crippen LogP contribution in [0.15, 0.2) is 41.4 Å². The predicted octanol–water partition coefficient (Wildman–Crippen LogP) is 2.44. The molecule has 1 aliphatic heterocycles. The molecule has 2 N–H and O–H groups in total. The number of sulfonamides is 1. The van der Waals surface area contributed by atoms with Gasteiger partial charge in [-0.25, -0.2) is 22.2 Å². The molecule has 164 valence electrons. The molecule has 1 fully saturated rings. The van der Waals surface area contributed by atoms with E-state index in [1.54, 1.807) is 13.0 Å². The number of hydrogen-bond donors (Lipinski definition) is 2. The molecule has 3 rings (SSSR count). The van der Waals surface area contributed by atoms with Gasteiger partial charge in [-0.1, -0.05) is 6.92 Å². The predicted molar refractivity (Wildman–Crippen MR) is 111 cm³/mol. The van der Waals surface area contributed by atoms with Crippen molar-refractivity contribution in [2.75, 3.05) is 35.8 Å². The molecule has 0 bridgehead atoms. The van der Waals surface area contributed by atoms with Crippen LogP contribution in [-0.2, 0) is 10.0 Å². The first-order valence-corrected chi connectivity index (χ1v) is 11.3. The first-order chi connectivity index (χ1) is 14.2. The molecule has 1 aromatic heterocycles. The van der Waals surface area contributed by atoms with Gasteiger partial charge in [-0.05, 0) is 37.6 Å². The average Bonchev–Trinajstić information content (AvgIpc) is 2.70. The number of aromatic nitrogens is 1. The lowest BCUT2D eigenvalue weighted by atomic mass is 10.1. The topological polar surface area (TPSA) is 85.8 Å². The minimum Gasteiger partial charge on any atom is -0.392 e. The van der Waals surface area contributed by atoms with Gasteiger partial charge in [-0.2, -0.15) is 0 Å². The number of aliphatic hydroxyl groups excluding tert-OH is 1. The molecule has 2 aromatic rings. The highest BCUT2D eigenvalue weighted by atomic mass is 32.2. The van der Waals surface area contributed by atoms with Crippen LogP contribution in [0.1, 0.15) is 20.3 Å². The van der Waals surface area contributed by atoms with Crippen molar-refractivity contribution in [2.45, 2.75) is 37.3 Å². The molecule has 30 heavy (non-hydrogen) atoms. The Balaban J connectivity index is 1.70. The Bertz CT molecular complexity index is 971. The number of halogens is 2. The van der Waals surface area contributed by atoms with E-state index in [4.69, 9.17) is 0 Å². The van der Waals surface area contributed by atoms with E-state index in [2.05, 4.69) is 26.4 Å². The van der Waals surface area contributed by atoms with Crippen molar-refractivity contribution in [3.05, 3.63) is 48.2 Å². The maximum absolute atomic E-state index is 13.3. The Morgan fingerprint density at radius 2 is 2.00 bits per heavy atom. The largest absolute Gasteiger partial charge is 0.392 e. The third kappa shape index (κ3) is 5.24. The molecule has 1 aromatic carbocycles. The number of piperazine rings is 1. The fourth-order valence-electron chi connectivity index (χ4n) is 3.56. The highest BCUT2D eigenvalue weighted by Crippen LogP contribution is 2.22. The van der Waals surface area contributed by atoms with Crippen LogP contribution in [0.25, 0.3) is 0 Å². The zero-order chi connectivity index (χ0) is 21.9. The summed E-state index contributed by atoms with van der Waals surface area (Å²) in [7, 11) is -3.98. The number of hydrogen-bond acceptors (Lipinski definition) is 6. The zero-order valence-electron chi connectivity index (χ0n) is 16.9. The standard InChI is InChI=1S/C20H26F2N4O3S/c1-3-16-13-26(9-8-25(16)12-14(2)27)20-7-5-17(11-23-20)30(28,29)24-15-4-6-18(21)19(22)10-15/h4-7,10-11,14,16,24,27H,3,8-9,12-13H2,1-2H3. The van der Waals surface area contributed by atoms with Gasteiger partial charge in [0.15, 0.2) is 11.6 Å². The average molecular weight is 441 g/mol. The Kier molecular flexibility index (Phi) is 6.89. The van der Waals surface area contributed by atoms with Crippen LogP contribution in [0.2, 0.25) is 0 Å². The van der Waals surface area contributed by atoms with Crippen LogP contribution in [0.4, 0.5) is 20.3 Å². The summed E-state index contributed by atoms with van der Waals surface area (Å²) in [5.74, 6) is -1.52. The van der Waals surface area contributed by atoms with Crippen LogP contribution in [-0.4, -0.2) is 61.7 Å². The lowest BCUT2D eigenvalue weighted by Gasteiger charge is -2.42. The first kappa shape index (κ1) is 22.4. The van der Waals surface area contributed by atoms with Crippen molar-refractivity contribution in [3.8, 4) is 0 Å². The highest BCUT2D eigenvalue weighted by Gasteiger charge is 2.27. The van der Waals surface area contributed by atoms with Crippen molar-refractivity contribution >= 4 is 21.5 Å². The highest BCUT2D eigenvalue weighted by molar-refractivity contribution is 7.92. The molecule has 0 radical (unpaired) electrons. The molecular formula is C20H26F2N4O3S. The summed E-state index contributed by atoms with van der Waals surface area (Å²) < 4.78 is 53.6. The minimum atomic E-state index is -3.98. The zero-order valence-corrected chi connectivity index (χ0v) is 17.7. The maximum Gasteiger partial charge on any atom is 0.263 e. The molecule has 2 atom stereocenters. The van der Waals surface area contributed by atoms with E-state index in [0.717, 1.165) is 44.3 Å². The third-order valence-electron chi connectivity index (χ3n) is 5.10. The Labute approximate surface area is 175 Å². The lowest BCUT2D eigenvalue weighted by molar-refractivity contribution is 0.0884. The van der Waals surface area contributed by atoms with E-state index in [1.807, 2.05) is 0 Å². The van der Waals surface area contributed by atoms with Gasteiger partial charge >= 0.3 is 0 Å². The SMILES string of the molecule is CCC1CN(c2ccc(S(=O)(=O)Nc3ccc(F)c(F)c3)cn2)CCN1CC(C)O. The molecule has 7 nitrogen and oxygen atoms in total. The molecule has 0 amide bonds. The number of aliphatic hydroxyl groups is 1. The molecular weight excluding hydrogens is 414 g/mol. The van der Waals surface area contributed by atoms with E-state index >= 15 is 0 Å². The summed E-state index contributed by atoms with van der Waals surface area (Å²) in [5.41, 5.74) is -0.0713. The molecule has 0 aliphatic carbocycles. The lowest BCUT2D eigenvalue weighted by Crippen LogP contribution is -2.54. The van der Waals surface area contributed by atoms with Crippen molar-refractivity contribution in [1.29, 1.82) is 0 Å². The van der Waals surface area contributed by atoms with E-state index in [1.165, 1.54) is 12.3 Å². The fraction of sp³-hybridized carbons (Fsp3) is 0.450. The van der Waals surface area contributed by atoms with Gasteiger partial charge in [0.1, 0.15) is 10.7 Å². The number of benzene rings is 1. The van der Waals surface area contributed by atoms with Gasteiger partial charge in [-0.15, -0.1) is 0 Å². The molecule has 10 heteroatoms. The molecule has 0 saturated carbocycles. The quantitative estimate of drug-likeness (QED) is 0.688. The van der Waals surface area contributed by atoms with E-state index in [-0.39, 0.29) is 16.6 Å². The Hall–Kier alpha value is -2.30. The summed E-state index contributed by atoms with van der Waals surface area (Å²) in [4.78, 5) is 8.57. The summed E-state index contributed by atoms with van der Waals surface area (Å²) in [5, 5.41) is 9.67. The number of β-amino-alcohol motifs (C(OH)–C–C–N with tert-alkyl or cyclic N) is 1. The van der Waals surface area contributed by atoms with E-state index < -0.39 is 27.8 Å². The van der Waals surface area contributed by atoms with Crippen molar-refractivity contribution in [3.63, 3.8) is 0 Å². The molecule has 2 unspecified atom stereocenters. The first-order valence-electron chi connectivity index (χ1n) is 9.80. The number of anilines is 2. The normalized spacial score (nSPS) is 19.0. The molecule has 2 heterocycles. The monoisotopic (exact) mass is 440 g/mol. The third-order valence-corrected chi connectivity index (χ3v) is 6.47. The van der Waals surface area contributed by atoms with Crippen molar-refractivity contribution in [2.24, 2.45) is 0 Å². The second kappa shape index (κ2) is 9.23. The minimum absolute atomic E-state index is 0.0713. The number of rotatable bonds is 7. The Morgan fingerprint density at radius 1 is 1.23 bits per heavy atom. The summed E-state index contributed by atoms with van der Waals surface area (Å²) in [6.45, 7) is 6.71. The van der Waals surface area contributed by atoms with Gasteiger partial charge < -0.3 is 10.0 Å². The summed E-state index contributed by atoms with van der Waals surface area (Å²) in [6, 6.07) is 6.14. The summed E-state index contributed by atoms with van der Waals surface area (Å²) in [6.07, 6.45) is 1.78. The van der Waals surface area contributed by atoms with E-state index in [0.29, 0.717) is 12.4 Å². The van der Waals surface area contributed by atoms with Crippen LogP contribution in [0, 0.1) is 11.6 Å². The van der Waals surface area contributed by atoms with Gasteiger partial charge in [0.2, 0.25) is 0 Å². The van der Waals surface area contributed by atoms with Gasteiger partial charge in [0.25, 0.3) is 10.0 Å². The number of nitrogens with one attached hydrogen (secondary N) is 1. The van der Waals surface area contributed by atoms with Gasteiger partial charge in [-0.3, -0.25) is 9.62 Å². The fourth-order valence-corrected chi connectivity index (χ4v) is 4.55. The van der Waals surface area contributed by atoms with Crippen LogP contribution in [0.3, 0.4) is 0 Å². The molecule has 0 spiro atoms. The second-order valence-electron chi connectivity index (χ2n) is 7.44. The van der Waals surface area contributed by atoms with Crippen molar-refractivity contribution in [1.82, 2.24) is 9.88 Å². The molecule has 1 saturated heterocycles. The second-order valence-corrected chi connectivity index (χ2v) is 9.12. The van der Waals surface area contributed by atoms with Gasteiger partial charge in [0, 0.05) is 44.5 Å². The van der Waals surface area contributed by atoms with Crippen LogP contribution in [0.5, 0.6) is 0 Å².